The third-order valence-electron chi connectivity index (χ3n) is 3.69. The van der Waals surface area contributed by atoms with Crippen molar-refractivity contribution >= 4 is 17.8 Å². The summed E-state index contributed by atoms with van der Waals surface area (Å²) in [5.74, 6) is -2.83. The van der Waals surface area contributed by atoms with Gasteiger partial charge in [-0.15, -0.1) is 0 Å². The lowest BCUT2D eigenvalue weighted by molar-refractivity contribution is -0.145. The number of nitriles is 1. The fourth-order valence-corrected chi connectivity index (χ4v) is 2.37. The molecule has 1 aromatic carbocycles. The van der Waals surface area contributed by atoms with Gasteiger partial charge in [0.25, 0.3) is 0 Å². The molecule has 0 aromatic heterocycles. The molecule has 1 rings (SSSR count). The molecule has 0 saturated heterocycles. The molecule has 8 heteroatoms. The highest BCUT2D eigenvalue weighted by Gasteiger charge is 2.28. The van der Waals surface area contributed by atoms with E-state index in [1.54, 1.807) is 13.0 Å². The van der Waals surface area contributed by atoms with E-state index in [-0.39, 0.29) is 18.4 Å². The number of rotatable bonds is 8. The highest BCUT2D eigenvalue weighted by molar-refractivity contribution is 5.90. The van der Waals surface area contributed by atoms with Gasteiger partial charge in [0.1, 0.15) is 17.9 Å². The first-order valence-electron chi connectivity index (χ1n) is 8.06. The van der Waals surface area contributed by atoms with Crippen LogP contribution in [0, 0.1) is 23.1 Å². The Morgan fingerprint density at radius 2 is 1.88 bits per heavy atom. The first-order valence-corrected chi connectivity index (χ1v) is 8.06. The van der Waals surface area contributed by atoms with E-state index >= 15 is 0 Å². The van der Waals surface area contributed by atoms with Crippen LogP contribution in [-0.4, -0.2) is 37.0 Å². The number of amides is 2. The second-order valence-electron chi connectivity index (χ2n) is 5.90. The van der Waals surface area contributed by atoms with Crippen LogP contribution in [0.4, 0.5) is 4.39 Å². The van der Waals surface area contributed by atoms with Gasteiger partial charge < -0.3 is 15.4 Å². The number of methoxy groups -OCH3 is 1. The lowest BCUT2D eigenvalue weighted by Crippen LogP contribution is -2.52. The van der Waals surface area contributed by atoms with Crippen LogP contribution in [0.2, 0.25) is 0 Å². The monoisotopic (exact) mass is 363 g/mol. The van der Waals surface area contributed by atoms with Gasteiger partial charge in [-0.3, -0.25) is 9.59 Å². The van der Waals surface area contributed by atoms with Crippen molar-refractivity contribution in [1.82, 2.24) is 10.6 Å². The van der Waals surface area contributed by atoms with Crippen molar-refractivity contribution in [1.29, 1.82) is 5.26 Å². The van der Waals surface area contributed by atoms with Gasteiger partial charge in [0, 0.05) is 19.3 Å². The zero-order chi connectivity index (χ0) is 19.7. The molecule has 3 atom stereocenters. The zero-order valence-corrected chi connectivity index (χ0v) is 14.9. The summed E-state index contributed by atoms with van der Waals surface area (Å²) in [5, 5.41) is 13.8. The number of nitrogens with one attached hydrogen (secondary N) is 2. The summed E-state index contributed by atoms with van der Waals surface area (Å²) in [6.45, 7) is 2.84. The van der Waals surface area contributed by atoms with E-state index in [1.807, 2.05) is 6.07 Å². The van der Waals surface area contributed by atoms with E-state index in [0.29, 0.717) is 0 Å². The van der Waals surface area contributed by atoms with Crippen molar-refractivity contribution in [3.63, 3.8) is 0 Å². The number of carbonyl (C=O) groups is 3. The minimum absolute atomic E-state index is 0.0569. The highest BCUT2D eigenvalue weighted by atomic mass is 19.1. The molecule has 1 aromatic rings. The summed E-state index contributed by atoms with van der Waals surface area (Å²) in [7, 11) is 1.17. The van der Waals surface area contributed by atoms with Crippen molar-refractivity contribution in [2.75, 3.05) is 7.11 Å². The topological polar surface area (TPSA) is 108 Å². The molecule has 2 amide bonds. The summed E-state index contributed by atoms with van der Waals surface area (Å²) >= 11 is 0. The van der Waals surface area contributed by atoms with E-state index in [2.05, 4.69) is 15.4 Å². The minimum Gasteiger partial charge on any atom is -0.467 e. The summed E-state index contributed by atoms with van der Waals surface area (Å²) in [6.07, 6.45) is -0.0266. The van der Waals surface area contributed by atoms with Crippen LogP contribution in [0.5, 0.6) is 0 Å². The maximum absolute atomic E-state index is 13.9. The Morgan fingerprint density at radius 1 is 1.23 bits per heavy atom. The molecule has 0 spiro atoms. The number of halogens is 1. The van der Waals surface area contributed by atoms with E-state index < -0.39 is 41.6 Å². The minimum atomic E-state index is -1.08. The standard InChI is InChI=1S/C18H22FN3O4/c1-11(10-20)8-16(18(25)26-3)22-17(24)15(21-12(2)23)9-13-6-4-5-7-14(13)19/h4-7,11,15-16H,8-9H2,1-3H3,(H,21,23)(H,22,24)/t11-,15-,16-/m0/s1. The molecule has 0 heterocycles. The van der Waals surface area contributed by atoms with Crippen molar-refractivity contribution in [2.24, 2.45) is 5.92 Å². The summed E-state index contributed by atoms with van der Waals surface area (Å²) in [5.41, 5.74) is 0.251. The lowest BCUT2D eigenvalue weighted by atomic mass is 10.0. The van der Waals surface area contributed by atoms with Crippen LogP contribution in [0.1, 0.15) is 25.8 Å². The number of ether oxygens (including phenoxy) is 1. The molecule has 0 fully saturated rings. The number of nitrogens with zero attached hydrogens (tertiary/aromatic N) is 1. The molecule has 7 nitrogen and oxygen atoms in total. The zero-order valence-electron chi connectivity index (χ0n) is 14.9. The molecule has 0 unspecified atom stereocenters. The van der Waals surface area contributed by atoms with Gasteiger partial charge in [-0.05, 0) is 25.0 Å². The van der Waals surface area contributed by atoms with Crippen LogP contribution < -0.4 is 10.6 Å². The average molecular weight is 363 g/mol. The van der Waals surface area contributed by atoms with Gasteiger partial charge in [-0.1, -0.05) is 18.2 Å². The molecular weight excluding hydrogens is 341 g/mol. The van der Waals surface area contributed by atoms with Gasteiger partial charge in [-0.2, -0.15) is 5.26 Å². The Bertz CT molecular complexity index is 702. The van der Waals surface area contributed by atoms with E-state index in [9.17, 15) is 18.8 Å². The van der Waals surface area contributed by atoms with Crippen molar-refractivity contribution < 1.29 is 23.5 Å². The molecule has 26 heavy (non-hydrogen) atoms. The van der Waals surface area contributed by atoms with Crippen molar-refractivity contribution in [3.8, 4) is 6.07 Å². The Balaban J connectivity index is 2.96. The van der Waals surface area contributed by atoms with Gasteiger partial charge in [0.05, 0.1) is 13.2 Å². The maximum Gasteiger partial charge on any atom is 0.328 e. The molecular formula is C18H22FN3O4. The number of esters is 1. The molecule has 0 radical (unpaired) electrons. The van der Waals surface area contributed by atoms with Gasteiger partial charge in [0.15, 0.2) is 0 Å². The molecule has 0 saturated carbocycles. The van der Waals surface area contributed by atoms with Crippen LogP contribution in [0.3, 0.4) is 0 Å². The average Bonchev–Trinajstić information content (AvgIpc) is 2.60. The fraction of sp³-hybridized carbons (Fsp3) is 0.444. The largest absolute Gasteiger partial charge is 0.467 e. The predicted octanol–water partition coefficient (Wildman–Crippen LogP) is 1.08. The van der Waals surface area contributed by atoms with E-state index in [4.69, 9.17) is 5.26 Å². The van der Waals surface area contributed by atoms with Crippen LogP contribution in [0.15, 0.2) is 24.3 Å². The highest BCUT2D eigenvalue weighted by Crippen LogP contribution is 2.11. The van der Waals surface area contributed by atoms with E-state index in [1.165, 1.54) is 32.2 Å². The quantitative estimate of drug-likeness (QED) is 0.672. The third-order valence-corrected chi connectivity index (χ3v) is 3.69. The lowest BCUT2D eigenvalue weighted by Gasteiger charge is -2.22. The van der Waals surface area contributed by atoms with E-state index in [0.717, 1.165) is 0 Å². The van der Waals surface area contributed by atoms with Crippen LogP contribution in [-0.2, 0) is 25.5 Å². The maximum atomic E-state index is 13.9. The Kier molecular flexibility index (Phi) is 8.22. The Morgan fingerprint density at radius 3 is 2.42 bits per heavy atom. The molecule has 0 aliphatic rings. The molecule has 0 aliphatic carbocycles. The second-order valence-corrected chi connectivity index (χ2v) is 5.90. The number of hydrogen-bond acceptors (Lipinski definition) is 5. The number of carbonyl (C=O) groups excluding carboxylic acids is 3. The molecule has 140 valence electrons. The smallest absolute Gasteiger partial charge is 0.328 e. The molecule has 2 N–H and O–H groups in total. The Hall–Kier alpha value is -2.95. The Labute approximate surface area is 151 Å². The number of hydrogen-bond donors (Lipinski definition) is 2. The summed E-state index contributed by atoms with van der Waals surface area (Å²) in [4.78, 5) is 35.8. The number of benzene rings is 1. The first kappa shape index (κ1) is 21.1. The van der Waals surface area contributed by atoms with Gasteiger partial charge in [0.2, 0.25) is 11.8 Å². The third kappa shape index (κ3) is 6.51. The van der Waals surface area contributed by atoms with Crippen molar-refractivity contribution in [3.05, 3.63) is 35.6 Å². The van der Waals surface area contributed by atoms with Crippen LogP contribution in [0.25, 0.3) is 0 Å². The first-order chi connectivity index (χ1) is 12.3. The van der Waals surface area contributed by atoms with Crippen LogP contribution >= 0.6 is 0 Å². The van der Waals surface area contributed by atoms with Gasteiger partial charge in [-0.25, -0.2) is 9.18 Å². The van der Waals surface area contributed by atoms with Crippen molar-refractivity contribution in [2.45, 2.75) is 38.8 Å². The second kappa shape index (κ2) is 10.1. The van der Waals surface area contributed by atoms with Gasteiger partial charge >= 0.3 is 5.97 Å². The summed E-state index contributed by atoms with van der Waals surface area (Å²) in [6, 6.07) is 5.76. The molecule has 0 bridgehead atoms. The SMILES string of the molecule is COC(=O)[C@H](C[C@H](C)C#N)NC(=O)[C@H](Cc1ccccc1F)NC(C)=O. The normalized spacial score (nSPS) is 13.7. The molecule has 0 aliphatic heterocycles. The fourth-order valence-electron chi connectivity index (χ4n) is 2.37. The predicted molar refractivity (Wildman–Crippen MR) is 91.0 cm³/mol. The summed E-state index contributed by atoms with van der Waals surface area (Å²) < 4.78 is 18.5.